The second kappa shape index (κ2) is 8.30. The lowest BCUT2D eigenvalue weighted by molar-refractivity contribution is 0.457. The molecule has 0 saturated heterocycles. The van der Waals surface area contributed by atoms with Gasteiger partial charge >= 0.3 is 0 Å². The van der Waals surface area contributed by atoms with Crippen LogP contribution < -0.4 is 5.32 Å². The first-order chi connectivity index (χ1) is 8.71. The summed E-state index contributed by atoms with van der Waals surface area (Å²) in [5.74, 6) is 0. The smallest absolute Gasteiger partial charge is 0.0640 e. The lowest BCUT2D eigenvalue weighted by Crippen LogP contribution is -2.27. The second-order valence-electron chi connectivity index (χ2n) is 5.23. The number of hydrogen-bond donors (Lipinski definition) is 1. The summed E-state index contributed by atoms with van der Waals surface area (Å²) in [6.45, 7) is 6.67. The van der Waals surface area contributed by atoms with Crippen LogP contribution in [-0.4, -0.2) is 22.9 Å². The standard InChI is InChI=1S/C15H29N3/c1-5-7-8-9-14(16-4)12-15-10-11-18(17-15)13(3)6-2/h10-11,13-14,16H,5-9,12H2,1-4H3. The molecule has 104 valence electrons. The number of unbranched alkanes of at least 4 members (excludes halogenated alkanes) is 2. The van der Waals surface area contributed by atoms with E-state index < -0.39 is 0 Å². The number of hydrogen-bond acceptors (Lipinski definition) is 2. The van der Waals surface area contributed by atoms with Crippen molar-refractivity contribution in [2.75, 3.05) is 7.05 Å². The molecule has 1 rings (SSSR count). The molecule has 18 heavy (non-hydrogen) atoms. The van der Waals surface area contributed by atoms with E-state index in [1.54, 1.807) is 0 Å². The van der Waals surface area contributed by atoms with Gasteiger partial charge < -0.3 is 5.32 Å². The molecule has 0 aliphatic carbocycles. The van der Waals surface area contributed by atoms with E-state index in [0.717, 1.165) is 12.8 Å². The van der Waals surface area contributed by atoms with Gasteiger partial charge in [-0.25, -0.2) is 0 Å². The third-order valence-electron chi connectivity index (χ3n) is 3.73. The van der Waals surface area contributed by atoms with E-state index in [0.29, 0.717) is 12.1 Å². The Kier molecular flexibility index (Phi) is 7.02. The van der Waals surface area contributed by atoms with Crippen molar-refractivity contribution in [2.45, 2.75) is 71.4 Å². The molecule has 1 aromatic rings. The molecule has 3 heteroatoms. The van der Waals surface area contributed by atoms with Gasteiger partial charge in [0.1, 0.15) is 0 Å². The molecule has 0 aromatic carbocycles. The fourth-order valence-corrected chi connectivity index (χ4v) is 2.16. The van der Waals surface area contributed by atoms with Crippen LogP contribution in [0.3, 0.4) is 0 Å². The maximum absolute atomic E-state index is 4.67. The Morgan fingerprint density at radius 3 is 2.72 bits per heavy atom. The van der Waals surface area contributed by atoms with Crippen molar-refractivity contribution in [3.63, 3.8) is 0 Å². The van der Waals surface area contributed by atoms with Crippen molar-refractivity contribution in [3.8, 4) is 0 Å². The van der Waals surface area contributed by atoms with Gasteiger partial charge in [0.05, 0.1) is 5.69 Å². The Morgan fingerprint density at radius 1 is 1.33 bits per heavy atom. The van der Waals surface area contributed by atoms with Crippen LogP contribution in [0.2, 0.25) is 0 Å². The third kappa shape index (κ3) is 4.81. The van der Waals surface area contributed by atoms with Crippen LogP contribution in [0, 0.1) is 0 Å². The molecule has 0 aliphatic heterocycles. The summed E-state index contributed by atoms with van der Waals surface area (Å²) in [7, 11) is 2.06. The zero-order valence-corrected chi connectivity index (χ0v) is 12.4. The van der Waals surface area contributed by atoms with Crippen molar-refractivity contribution in [1.29, 1.82) is 0 Å². The summed E-state index contributed by atoms with van der Waals surface area (Å²) in [5.41, 5.74) is 1.21. The van der Waals surface area contributed by atoms with Crippen molar-refractivity contribution in [3.05, 3.63) is 18.0 Å². The minimum Gasteiger partial charge on any atom is -0.317 e. The highest BCUT2D eigenvalue weighted by atomic mass is 15.3. The lowest BCUT2D eigenvalue weighted by Gasteiger charge is -2.14. The van der Waals surface area contributed by atoms with Gasteiger partial charge in [-0.3, -0.25) is 4.68 Å². The minimum absolute atomic E-state index is 0.506. The van der Waals surface area contributed by atoms with Crippen LogP contribution in [0.15, 0.2) is 12.3 Å². The molecular formula is C15H29N3. The van der Waals surface area contributed by atoms with Gasteiger partial charge in [0.2, 0.25) is 0 Å². The Morgan fingerprint density at radius 2 is 2.11 bits per heavy atom. The molecule has 2 atom stereocenters. The molecule has 2 unspecified atom stereocenters. The quantitative estimate of drug-likeness (QED) is 0.680. The lowest BCUT2D eigenvalue weighted by atomic mass is 10.0. The van der Waals surface area contributed by atoms with Crippen LogP contribution in [-0.2, 0) is 6.42 Å². The van der Waals surface area contributed by atoms with E-state index in [1.165, 1.54) is 31.4 Å². The summed E-state index contributed by atoms with van der Waals surface area (Å²) >= 11 is 0. The molecular weight excluding hydrogens is 222 g/mol. The van der Waals surface area contributed by atoms with Gasteiger partial charge in [-0.15, -0.1) is 0 Å². The highest BCUT2D eigenvalue weighted by Gasteiger charge is 2.10. The van der Waals surface area contributed by atoms with E-state index in [1.807, 2.05) is 0 Å². The normalized spacial score (nSPS) is 14.7. The van der Waals surface area contributed by atoms with E-state index >= 15 is 0 Å². The zero-order valence-electron chi connectivity index (χ0n) is 12.4. The van der Waals surface area contributed by atoms with E-state index in [-0.39, 0.29) is 0 Å². The summed E-state index contributed by atoms with van der Waals surface area (Å²) in [5, 5.41) is 8.09. The molecule has 1 N–H and O–H groups in total. The van der Waals surface area contributed by atoms with Gasteiger partial charge in [0.15, 0.2) is 0 Å². The highest BCUT2D eigenvalue weighted by molar-refractivity contribution is 5.02. The van der Waals surface area contributed by atoms with Gasteiger partial charge in [-0.1, -0.05) is 33.1 Å². The van der Waals surface area contributed by atoms with Crippen molar-refractivity contribution in [2.24, 2.45) is 0 Å². The molecule has 1 aromatic heterocycles. The summed E-state index contributed by atoms with van der Waals surface area (Å²) in [4.78, 5) is 0. The van der Waals surface area contributed by atoms with E-state index in [9.17, 15) is 0 Å². The molecule has 0 aliphatic rings. The zero-order chi connectivity index (χ0) is 13.4. The molecule has 0 bridgehead atoms. The van der Waals surface area contributed by atoms with Crippen LogP contribution in [0.5, 0.6) is 0 Å². The molecule has 0 radical (unpaired) electrons. The van der Waals surface area contributed by atoms with Gasteiger partial charge in [-0.05, 0) is 32.9 Å². The number of nitrogens with one attached hydrogen (secondary N) is 1. The number of likely N-dealkylation sites (N-methyl/N-ethyl adjacent to an activating group) is 1. The van der Waals surface area contributed by atoms with Crippen LogP contribution >= 0.6 is 0 Å². The maximum atomic E-state index is 4.67. The summed E-state index contributed by atoms with van der Waals surface area (Å²) in [6, 6.07) is 3.24. The first kappa shape index (κ1) is 15.2. The number of rotatable bonds is 9. The van der Waals surface area contributed by atoms with Crippen molar-refractivity contribution < 1.29 is 0 Å². The minimum atomic E-state index is 0.506. The highest BCUT2D eigenvalue weighted by Crippen LogP contribution is 2.12. The number of aromatic nitrogens is 2. The average molecular weight is 251 g/mol. The first-order valence-electron chi connectivity index (χ1n) is 7.42. The summed E-state index contributed by atoms with van der Waals surface area (Å²) < 4.78 is 2.09. The van der Waals surface area contributed by atoms with Crippen LogP contribution in [0.4, 0.5) is 0 Å². The second-order valence-corrected chi connectivity index (χ2v) is 5.23. The van der Waals surface area contributed by atoms with Crippen LogP contribution in [0.1, 0.15) is 64.6 Å². The Balaban J connectivity index is 2.46. The predicted octanol–water partition coefficient (Wildman–Crippen LogP) is 3.56. The monoisotopic (exact) mass is 251 g/mol. The van der Waals surface area contributed by atoms with E-state index in [4.69, 9.17) is 0 Å². The topological polar surface area (TPSA) is 29.9 Å². The van der Waals surface area contributed by atoms with Gasteiger partial charge in [0.25, 0.3) is 0 Å². The van der Waals surface area contributed by atoms with Crippen molar-refractivity contribution >= 4 is 0 Å². The van der Waals surface area contributed by atoms with E-state index in [2.05, 4.69) is 55.2 Å². The fraction of sp³-hybridized carbons (Fsp3) is 0.800. The Hall–Kier alpha value is -0.830. The van der Waals surface area contributed by atoms with Crippen molar-refractivity contribution in [1.82, 2.24) is 15.1 Å². The van der Waals surface area contributed by atoms with Gasteiger partial charge in [0, 0.05) is 24.7 Å². The fourth-order valence-electron chi connectivity index (χ4n) is 2.16. The van der Waals surface area contributed by atoms with Gasteiger partial charge in [-0.2, -0.15) is 5.10 Å². The molecule has 0 amide bonds. The molecule has 1 heterocycles. The Bertz CT molecular complexity index is 319. The summed E-state index contributed by atoms with van der Waals surface area (Å²) in [6.07, 6.45) is 9.48. The first-order valence-corrected chi connectivity index (χ1v) is 7.42. The van der Waals surface area contributed by atoms with Crippen LogP contribution in [0.25, 0.3) is 0 Å². The third-order valence-corrected chi connectivity index (χ3v) is 3.73. The SMILES string of the molecule is CCCCCC(Cc1ccn(C(C)CC)n1)NC. The molecule has 0 spiro atoms. The molecule has 3 nitrogen and oxygen atoms in total. The molecule has 0 fully saturated rings. The Labute approximate surface area is 112 Å². The average Bonchev–Trinajstić information content (AvgIpc) is 2.85. The predicted molar refractivity (Wildman–Crippen MR) is 77.9 cm³/mol. The molecule has 0 saturated carbocycles. The maximum Gasteiger partial charge on any atom is 0.0640 e. The largest absolute Gasteiger partial charge is 0.317 e. The number of nitrogens with zero attached hydrogens (tertiary/aromatic N) is 2.